The van der Waals surface area contributed by atoms with Crippen molar-refractivity contribution < 1.29 is 71.6 Å². The van der Waals surface area contributed by atoms with Gasteiger partial charge in [-0.05, 0) is 127 Å². The number of fused-ring (bicyclic) bond motifs is 2. The molecule has 6 aromatic rings. The van der Waals surface area contributed by atoms with Gasteiger partial charge in [0.05, 0.1) is 44.8 Å². The molecule has 372 valence electrons. The van der Waals surface area contributed by atoms with Crippen molar-refractivity contribution >= 4 is 23.8 Å². The number of carbonyl (C=O) groups excluding carboxylic acids is 3. The molecule has 13 nitrogen and oxygen atoms in total. The summed E-state index contributed by atoms with van der Waals surface area (Å²) >= 11 is 0. The van der Waals surface area contributed by atoms with E-state index >= 15 is 0 Å². The predicted molar refractivity (Wildman–Crippen MR) is 262 cm³/mol. The molecular formula is C56H59F2LiN4O9. The van der Waals surface area contributed by atoms with Gasteiger partial charge in [0.15, 0.2) is 0 Å². The number of methoxy groups -OCH3 is 2. The van der Waals surface area contributed by atoms with Gasteiger partial charge in [-0.25, -0.2) is 18.7 Å². The molecule has 2 amide bonds. The maximum absolute atomic E-state index is 14.4. The van der Waals surface area contributed by atoms with E-state index in [0.29, 0.717) is 57.4 Å². The van der Waals surface area contributed by atoms with Crippen LogP contribution < -0.4 is 28.3 Å². The van der Waals surface area contributed by atoms with Crippen molar-refractivity contribution in [3.8, 4) is 11.8 Å². The van der Waals surface area contributed by atoms with E-state index in [1.807, 2.05) is 58.0 Å². The molecule has 0 bridgehead atoms. The van der Waals surface area contributed by atoms with Crippen LogP contribution in [0.15, 0.2) is 97.3 Å². The van der Waals surface area contributed by atoms with Crippen LogP contribution in [0, 0.1) is 39.3 Å². The van der Waals surface area contributed by atoms with Crippen LogP contribution in [-0.4, -0.2) is 88.0 Å². The molecule has 0 saturated carbocycles. The summed E-state index contributed by atoms with van der Waals surface area (Å²) in [6, 6.07) is 24.8. The first-order valence-corrected chi connectivity index (χ1v) is 23.3. The van der Waals surface area contributed by atoms with Crippen LogP contribution in [0.4, 0.5) is 8.78 Å². The topological polar surface area (TPSA) is 178 Å². The molecule has 4 aromatic carbocycles. The van der Waals surface area contributed by atoms with Crippen LogP contribution in [0.3, 0.4) is 0 Å². The minimum absolute atomic E-state index is 0. The van der Waals surface area contributed by atoms with Crippen molar-refractivity contribution in [1.29, 1.82) is 0 Å². The number of hydrogen-bond acceptors (Lipinski definition) is 10. The van der Waals surface area contributed by atoms with Crippen LogP contribution in [0.5, 0.6) is 11.8 Å². The Morgan fingerprint density at radius 2 is 1.06 bits per heavy atom. The average Bonchev–Trinajstić information content (AvgIpc) is 3.35. The van der Waals surface area contributed by atoms with Gasteiger partial charge in [0.2, 0.25) is 11.8 Å². The molecule has 4 heterocycles. The zero-order valence-electron chi connectivity index (χ0n) is 42.1. The molecule has 8 rings (SSSR count). The number of pyridine rings is 2. The van der Waals surface area contributed by atoms with Crippen molar-refractivity contribution in [3.63, 3.8) is 0 Å². The smallest absolute Gasteiger partial charge is 0.870 e. The first-order chi connectivity index (χ1) is 33.6. The Labute approximate surface area is 431 Å². The maximum atomic E-state index is 14.4. The number of hydrogen-bond donors (Lipinski definition) is 1. The van der Waals surface area contributed by atoms with Crippen LogP contribution >= 0.6 is 0 Å². The quantitative estimate of drug-likeness (QED) is 0.0973. The molecular weight excluding hydrogens is 918 g/mol. The van der Waals surface area contributed by atoms with Gasteiger partial charge in [-0.15, -0.1) is 0 Å². The summed E-state index contributed by atoms with van der Waals surface area (Å²) in [5, 5.41) is 9.59. The van der Waals surface area contributed by atoms with Gasteiger partial charge in [0.25, 0.3) is 11.8 Å². The number of aryl methyl sites for hydroxylation is 4. The molecule has 0 spiro atoms. The number of carboxylic acid groups (broad SMARTS) is 1. The summed E-state index contributed by atoms with van der Waals surface area (Å²) in [5.41, 5.74) is 11.4. The summed E-state index contributed by atoms with van der Waals surface area (Å²) in [7, 11) is 3.10. The molecule has 0 aliphatic carbocycles. The van der Waals surface area contributed by atoms with Gasteiger partial charge in [-0.3, -0.25) is 19.2 Å². The minimum Gasteiger partial charge on any atom is -0.870 e. The third-order valence-electron chi connectivity index (χ3n) is 13.0. The van der Waals surface area contributed by atoms with Gasteiger partial charge < -0.3 is 34.6 Å². The van der Waals surface area contributed by atoms with E-state index in [1.54, 1.807) is 66.6 Å². The van der Waals surface area contributed by atoms with E-state index in [4.69, 9.17) is 14.2 Å². The molecule has 2 aromatic heterocycles. The Kier molecular flexibility index (Phi) is 19.4. The SMILES string of the molecule is CCOC(=O)C[C@H](c1ccc2c(c1)CN(C(=O)c1cc(C)ccc1F)CC2)c1cnc(OC)cc1C.COc1cc(C)c([C@H](CC(=O)O)c2ccc3c(c2)CN(C(=O)c2cc(C)ccc2F)CC3)cn1.[Li+].[OH-]. The minimum atomic E-state index is -0.912. The maximum Gasteiger partial charge on any atom is 1.00 e. The second-order valence-electron chi connectivity index (χ2n) is 17.9. The van der Waals surface area contributed by atoms with Gasteiger partial charge >= 0.3 is 30.8 Å². The van der Waals surface area contributed by atoms with Crippen molar-refractivity contribution in [3.05, 3.63) is 187 Å². The Morgan fingerprint density at radius 1 is 0.625 bits per heavy atom. The molecule has 2 atom stereocenters. The number of carbonyl (C=O) groups is 4. The number of aromatic nitrogens is 2. The number of rotatable bonds is 13. The predicted octanol–water partition coefficient (Wildman–Crippen LogP) is 6.61. The fraction of sp³-hybridized carbons (Fsp3) is 0.321. The third kappa shape index (κ3) is 13.1. The molecule has 2 aliphatic heterocycles. The van der Waals surface area contributed by atoms with E-state index < -0.39 is 23.5 Å². The largest absolute Gasteiger partial charge is 1.00 e. The van der Waals surface area contributed by atoms with E-state index in [1.165, 1.54) is 19.2 Å². The number of aliphatic carboxylic acids is 1. The number of nitrogens with zero attached hydrogens (tertiary/aromatic N) is 4. The van der Waals surface area contributed by atoms with Gasteiger partial charge in [-0.2, -0.15) is 0 Å². The van der Waals surface area contributed by atoms with E-state index in [0.717, 1.165) is 66.8 Å². The van der Waals surface area contributed by atoms with Crippen molar-refractivity contribution in [2.45, 2.75) is 85.2 Å². The van der Waals surface area contributed by atoms with Crippen LogP contribution in [0.25, 0.3) is 0 Å². The van der Waals surface area contributed by atoms with E-state index in [9.17, 15) is 33.1 Å². The van der Waals surface area contributed by atoms with Crippen molar-refractivity contribution in [2.75, 3.05) is 33.9 Å². The van der Waals surface area contributed by atoms with Crippen molar-refractivity contribution in [2.24, 2.45) is 0 Å². The Balaban J connectivity index is 0.000000261. The number of benzene rings is 4. The summed E-state index contributed by atoms with van der Waals surface area (Å²) in [6.45, 7) is 11.4. The fourth-order valence-electron chi connectivity index (χ4n) is 9.29. The molecule has 2 N–H and O–H groups in total. The van der Waals surface area contributed by atoms with Gasteiger partial charge in [0, 0.05) is 62.5 Å². The summed E-state index contributed by atoms with van der Waals surface area (Å²) in [6.07, 6.45) is 4.82. The number of carboxylic acids is 1. The molecule has 0 saturated heterocycles. The van der Waals surface area contributed by atoms with Gasteiger partial charge in [0.1, 0.15) is 11.6 Å². The second kappa shape index (κ2) is 25.0. The van der Waals surface area contributed by atoms with E-state index in [2.05, 4.69) is 22.1 Å². The summed E-state index contributed by atoms with van der Waals surface area (Å²) < 4.78 is 44.4. The van der Waals surface area contributed by atoms with Crippen molar-refractivity contribution in [1.82, 2.24) is 19.8 Å². The Hall–Kier alpha value is -6.92. The molecule has 0 fully saturated rings. The zero-order chi connectivity index (χ0) is 50.2. The Morgan fingerprint density at radius 3 is 1.44 bits per heavy atom. The summed E-state index contributed by atoms with van der Waals surface area (Å²) in [4.78, 5) is 62.4. The number of ether oxygens (including phenoxy) is 3. The number of halogens is 2. The first-order valence-electron chi connectivity index (χ1n) is 23.3. The standard InChI is InChI=1S/C29H31FN2O4.C27H27FN2O4.Li.H2O/c1-5-36-28(33)15-23(25-16-31-27(35-4)13-19(25)3)21-8-7-20-10-11-32(17-22(20)14-21)29(34)24-12-18(2)6-9-26(24)30;1-16-4-7-24(28)22(10-16)27(33)30-9-8-18-5-6-19(12-20(18)15-30)21(13-26(31)32)23-14-29-25(34-3)11-17(23)2;;/h6-9,12-14,16,23H,5,10-11,15,17H2,1-4H3;4-7,10-12,14,21H,8-9,13,15H2,1-3H3,(H,31,32);;1H2/q;;+1;/p-1/t23-;21-;;/m11../s1. The first kappa shape index (κ1) is 56.0. The zero-order valence-corrected chi connectivity index (χ0v) is 42.1. The fourth-order valence-corrected chi connectivity index (χ4v) is 9.29. The summed E-state index contributed by atoms with van der Waals surface area (Å²) in [5.74, 6) is -2.59. The second-order valence-corrected chi connectivity index (χ2v) is 17.9. The van der Waals surface area contributed by atoms with Crippen LogP contribution in [-0.2, 0) is 40.3 Å². The third-order valence-corrected chi connectivity index (χ3v) is 13.0. The van der Waals surface area contributed by atoms with Crippen LogP contribution in [0.1, 0.15) is 119 Å². The molecule has 2 aliphatic rings. The number of amides is 2. The normalized spacial score (nSPS) is 13.3. The monoisotopic (exact) mass is 976 g/mol. The Bertz CT molecular complexity index is 2950. The molecule has 0 unspecified atom stereocenters. The molecule has 72 heavy (non-hydrogen) atoms. The van der Waals surface area contributed by atoms with Crippen LogP contribution in [0.2, 0.25) is 0 Å². The molecule has 0 radical (unpaired) electrons. The van der Waals surface area contributed by atoms with Gasteiger partial charge in [-0.1, -0.05) is 59.7 Å². The van der Waals surface area contributed by atoms with E-state index in [-0.39, 0.29) is 72.0 Å². The average molecular weight is 977 g/mol. The molecule has 16 heteroatoms. The number of esters is 1.